The normalized spacial score (nSPS) is 17.2. The van der Waals surface area contributed by atoms with Gasteiger partial charge in [0.15, 0.2) is 0 Å². The molecule has 0 unspecified atom stereocenters. The quantitative estimate of drug-likeness (QED) is 0.873. The zero-order chi connectivity index (χ0) is 13.7. The molecule has 1 saturated heterocycles. The summed E-state index contributed by atoms with van der Waals surface area (Å²) >= 11 is 0. The van der Waals surface area contributed by atoms with Crippen LogP contribution in [-0.4, -0.2) is 49.7 Å². The molecule has 0 radical (unpaired) electrons. The average molecular weight is 262 g/mol. The van der Waals surface area contributed by atoms with Crippen molar-refractivity contribution < 1.29 is 0 Å². The summed E-state index contributed by atoms with van der Waals surface area (Å²) in [4.78, 5) is 9.32. The monoisotopic (exact) mass is 262 g/mol. The lowest BCUT2D eigenvalue weighted by molar-refractivity contribution is 0.231. The van der Waals surface area contributed by atoms with Crippen LogP contribution in [0.25, 0.3) is 0 Å². The van der Waals surface area contributed by atoms with Crippen LogP contribution < -0.4 is 10.2 Å². The number of aromatic nitrogens is 1. The first-order chi connectivity index (χ1) is 9.20. The molecule has 0 aromatic carbocycles. The summed E-state index contributed by atoms with van der Waals surface area (Å²) in [7, 11) is 1.99. The van der Waals surface area contributed by atoms with E-state index >= 15 is 0 Å². The second-order valence-corrected chi connectivity index (χ2v) is 5.72. The lowest BCUT2D eigenvalue weighted by Crippen LogP contribution is -2.47. The standard InChI is InChI=1S/C15H26N4/c1-13(2)12-18-6-8-19(9-7-18)15-11-17-5-4-14(15)10-16-3/h4-5,11,13,16H,6-10,12H2,1-3H3. The molecule has 4 nitrogen and oxygen atoms in total. The van der Waals surface area contributed by atoms with Gasteiger partial charge in [-0.2, -0.15) is 0 Å². The number of anilines is 1. The van der Waals surface area contributed by atoms with Crippen molar-refractivity contribution in [3.63, 3.8) is 0 Å². The first-order valence-electron chi connectivity index (χ1n) is 7.25. The molecule has 0 atom stereocenters. The molecule has 19 heavy (non-hydrogen) atoms. The molecule has 1 aliphatic rings. The van der Waals surface area contributed by atoms with E-state index in [4.69, 9.17) is 0 Å². The molecule has 4 heteroatoms. The van der Waals surface area contributed by atoms with Crippen LogP contribution in [0.3, 0.4) is 0 Å². The molecule has 1 aromatic rings. The highest BCUT2D eigenvalue weighted by molar-refractivity contribution is 5.52. The van der Waals surface area contributed by atoms with Crippen LogP contribution >= 0.6 is 0 Å². The zero-order valence-electron chi connectivity index (χ0n) is 12.4. The molecular formula is C15H26N4. The van der Waals surface area contributed by atoms with E-state index in [-0.39, 0.29) is 0 Å². The highest BCUT2D eigenvalue weighted by Crippen LogP contribution is 2.20. The van der Waals surface area contributed by atoms with E-state index in [1.807, 2.05) is 19.4 Å². The molecule has 1 aromatic heterocycles. The summed E-state index contributed by atoms with van der Waals surface area (Å²) in [6.45, 7) is 11.2. The summed E-state index contributed by atoms with van der Waals surface area (Å²) in [5.74, 6) is 0.754. The van der Waals surface area contributed by atoms with Crippen molar-refractivity contribution >= 4 is 5.69 Å². The maximum Gasteiger partial charge on any atom is 0.0599 e. The van der Waals surface area contributed by atoms with Crippen molar-refractivity contribution in [2.24, 2.45) is 5.92 Å². The summed E-state index contributed by atoms with van der Waals surface area (Å²) in [5, 5.41) is 3.23. The number of pyridine rings is 1. The molecule has 0 bridgehead atoms. The van der Waals surface area contributed by atoms with E-state index in [1.165, 1.54) is 17.8 Å². The van der Waals surface area contributed by atoms with Crippen LogP contribution in [-0.2, 0) is 6.54 Å². The fourth-order valence-corrected chi connectivity index (χ4v) is 2.73. The van der Waals surface area contributed by atoms with E-state index in [0.717, 1.165) is 38.6 Å². The minimum absolute atomic E-state index is 0.754. The Morgan fingerprint density at radius 3 is 2.63 bits per heavy atom. The zero-order valence-corrected chi connectivity index (χ0v) is 12.4. The maximum atomic E-state index is 4.29. The number of hydrogen-bond acceptors (Lipinski definition) is 4. The van der Waals surface area contributed by atoms with Crippen LogP contribution in [0.5, 0.6) is 0 Å². The Morgan fingerprint density at radius 2 is 2.00 bits per heavy atom. The van der Waals surface area contributed by atoms with Crippen LogP contribution in [0.1, 0.15) is 19.4 Å². The third-order valence-corrected chi connectivity index (χ3v) is 3.59. The van der Waals surface area contributed by atoms with E-state index in [1.54, 1.807) is 0 Å². The summed E-state index contributed by atoms with van der Waals surface area (Å²) in [6, 6.07) is 2.12. The van der Waals surface area contributed by atoms with Crippen molar-refractivity contribution in [3.8, 4) is 0 Å². The summed E-state index contributed by atoms with van der Waals surface area (Å²) in [6.07, 6.45) is 3.88. The Kier molecular flexibility index (Phi) is 5.16. The van der Waals surface area contributed by atoms with Crippen LogP contribution in [0.2, 0.25) is 0 Å². The molecule has 2 heterocycles. The van der Waals surface area contributed by atoms with E-state index in [9.17, 15) is 0 Å². The maximum absolute atomic E-state index is 4.29. The van der Waals surface area contributed by atoms with Crippen LogP contribution in [0, 0.1) is 5.92 Å². The highest BCUT2D eigenvalue weighted by atomic mass is 15.3. The van der Waals surface area contributed by atoms with Crippen molar-refractivity contribution in [1.29, 1.82) is 0 Å². The highest BCUT2D eigenvalue weighted by Gasteiger charge is 2.19. The van der Waals surface area contributed by atoms with Crippen molar-refractivity contribution in [2.75, 3.05) is 44.7 Å². The topological polar surface area (TPSA) is 31.4 Å². The minimum Gasteiger partial charge on any atom is -0.367 e. The van der Waals surface area contributed by atoms with Crippen molar-refractivity contribution in [1.82, 2.24) is 15.2 Å². The van der Waals surface area contributed by atoms with Gasteiger partial charge in [-0.05, 0) is 24.6 Å². The predicted molar refractivity (Wildman–Crippen MR) is 80.5 cm³/mol. The fourth-order valence-electron chi connectivity index (χ4n) is 2.73. The van der Waals surface area contributed by atoms with Gasteiger partial charge < -0.3 is 10.2 Å². The lowest BCUT2D eigenvalue weighted by Gasteiger charge is -2.37. The molecule has 0 amide bonds. The van der Waals surface area contributed by atoms with Gasteiger partial charge in [-0.3, -0.25) is 9.88 Å². The Labute approximate surface area is 116 Å². The van der Waals surface area contributed by atoms with Gasteiger partial charge >= 0.3 is 0 Å². The number of hydrogen-bond donors (Lipinski definition) is 1. The molecule has 1 aliphatic heterocycles. The molecule has 2 rings (SSSR count). The number of rotatable bonds is 5. The van der Waals surface area contributed by atoms with Gasteiger partial charge in [-0.1, -0.05) is 13.8 Å². The van der Waals surface area contributed by atoms with Gasteiger partial charge in [0.05, 0.1) is 11.9 Å². The van der Waals surface area contributed by atoms with E-state index in [0.29, 0.717) is 0 Å². The number of nitrogens with zero attached hydrogens (tertiary/aromatic N) is 3. The second-order valence-electron chi connectivity index (χ2n) is 5.72. The van der Waals surface area contributed by atoms with Crippen LogP contribution in [0.15, 0.2) is 18.5 Å². The Morgan fingerprint density at radius 1 is 1.26 bits per heavy atom. The van der Waals surface area contributed by atoms with Gasteiger partial charge in [0.25, 0.3) is 0 Å². The molecule has 0 aliphatic carbocycles. The fraction of sp³-hybridized carbons (Fsp3) is 0.667. The molecule has 106 valence electrons. The third-order valence-electron chi connectivity index (χ3n) is 3.59. The molecular weight excluding hydrogens is 236 g/mol. The van der Waals surface area contributed by atoms with Crippen molar-refractivity contribution in [3.05, 3.63) is 24.0 Å². The molecule has 0 saturated carbocycles. The molecule has 1 fully saturated rings. The number of nitrogens with one attached hydrogen (secondary N) is 1. The minimum atomic E-state index is 0.754. The molecule has 1 N–H and O–H groups in total. The number of piperazine rings is 1. The Hall–Kier alpha value is -1.13. The van der Waals surface area contributed by atoms with Gasteiger partial charge in [0.2, 0.25) is 0 Å². The summed E-state index contributed by atoms with van der Waals surface area (Å²) < 4.78 is 0. The van der Waals surface area contributed by atoms with Crippen LogP contribution in [0.4, 0.5) is 5.69 Å². The van der Waals surface area contributed by atoms with Gasteiger partial charge in [-0.25, -0.2) is 0 Å². The SMILES string of the molecule is CNCc1ccncc1N1CCN(CC(C)C)CC1. The van der Waals surface area contributed by atoms with Gasteiger partial charge in [-0.15, -0.1) is 0 Å². The second kappa shape index (κ2) is 6.87. The van der Waals surface area contributed by atoms with Gasteiger partial charge in [0, 0.05) is 45.5 Å². The first-order valence-corrected chi connectivity index (χ1v) is 7.25. The van der Waals surface area contributed by atoms with Gasteiger partial charge in [0.1, 0.15) is 0 Å². The Bertz CT molecular complexity index is 383. The van der Waals surface area contributed by atoms with E-state index in [2.05, 4.69) is 40.0 Å². The summed E-state index contributed by atoms with van der Waals surface area (Å²) in [5.41, 5.74) is 2.64. The largest absolute Gasteiger partial charge is 0.367 e. The smallest absolute Gasteiger partial charge is 0.0599 e. The average Bonchev–Trinajstić information content (AvgIpc) is 2.40. The first kappa shape index (κ1) is 14.3. The molecule has 0 spiro atoms. The third kappa shape index (κ3) is 3.91. The lowest BCUT2D eigenvalue weighted by atomic mass is 10.1. The van der Waals surface area contributed by atoms with E-state index < -0.39 is 0 Å². The Balaban J connectivity index is 1.97. The van der Waals surface area contributed by atoms with Crippen molar-refractivity contribution in [2.45, 2.75) is 20.4 Å². The predicted octanol–water partition coefficient (Wildman–Crippen LogP) is 1.58.